The van der Waals surface area contributed by atoms with Crippen molar-refractivity contribution in [2.45, 2.75) is 65.0 Å². The Labute approximate surface area is 104 Å². The second kappa shape index (κ2) is 4.81. The summed E-state index contributed by atoms with van der Waals surface area (Å²) >= 11 is 0. The molecule has 1 aliphatic carbocycles. The van der Waals surface area contributed by atoms with E-state index in [0.29, 0.717) is 17.5 Å². The van der Waals surface area contributed by atoms with E-state index in [-0.39, 0.29) is 0 Å². The number of rotatable bonds is 2. The summed E-state index contributed by atoms with van der Waals surface area (Å²) in [7, 11) is 0. The normalized spacial score (nSPS) is 26.1. The maximum absolute atomic E-state index is 5.97. The Kier molecular flexibility index (Phi) is 3.57. The molecule has 1 fully saturated rings. The van der Waals surface area contributed by atoms with Gasteiger partial charge >= 0.3 is 0 Å². The molecule has 1 aromatic rings. The lowest BCUT2D eigenvalue weighted by Crippen LogP contribution is -2.28. The molecule has 17 heavy (non-hydrogen) atoms. The molecule has 0 bridgehead atoms. The fourth-order valence-corrected chi connectivity index (χ4v) is 2.72. The lowest BCUT2D eigenvalue weighted by Gasteiger charge is -2.29. The lowest BCUT2D eigenvalue weighted by atomic mass is 9.89. The van der Waals surface area contributed by atoms with E-state index in [4.69, 9.17) is 5.73 Å². The second-order valence-corrected chi connectivity index (χ2v) is 6.60. The zero-order valence-electron chi connectivity index (χ0n) is 11.3. The van der Waals surface area contributed by atoms with E-state index in [9.17, 15) is 0 Å². The van der Waals surface area contributed by atoms with Gasteiger partial charge < -0.3 is 10.3 Å². The summed E-state index contributed by atoms with van der Waals surface area (Å²) < 4.78 is 2.39. The molecule has 0 saturated heterocycles. The summed E-state index contributed by atoms with van der Waals surface area (Å²) in [6.45, 7) is 6.84. The van der Waals surface area contributed by atoms with Crippen LogP contribution in [0.3, 0.4) is 0 Å². The van der Waals surface area contributed by atoms with Gasteiger partial charge in [-0.25, -0.2) is 4.98 Å². The molecular weight excluding hydrogens is 210 g/mol. The summed E-state index contributed by atoms with van der Waals surface area (Å²) in [6.07, 6.45) is 9.83. The third kappa shape index (κ3) is 3.32. The minimum Gasteiger partial charge on any atom is -0.332 e. The third-order valence-corrected chi connectivity index (χ3v) is 3.59. The molecule has 2 N–H and O–H groups in total. The predicted octanol–water partition coefficient (Wildman–Crippen LogP) is 2.91. The first-order valence-corrected chi connectivity index (χ1v) is 6.72. The number of hydrogen-bond donors (Lipinski definition) is 1. The first-order valence-electron chi connectivity index (χ1n) is 6.72. The van der Waals surface area contributed by atoms with Crippen LogP contribution in [0, 0.1) is 5.41 Å². The van der Waals surface area contributed by atoms with Crippen LogP contribution in [0.15, 0.2) is 12.5 Å². The summed E-state index contributed by atoms with van der Waals surface area (Å²) in [4.78, 5) is 4.33. The van der Waals surface area contributed by atoms with Crippen molar-refractivity contribution in [3.63, 3.8) is 0 Å². The van der Waals surface area contributed by atoms with E-state index in [1.54, 1.807) is 0 Å². The summed E-state index contributed by atoms with van der Waals surface area (Å²) in [5, 5.41) is 0. The standard InChI is InChI=1S/C14H25N3/c1-14(2,3)8-13-9-16-10-17(13)12-6-4-11(15)5-7-12/h9-12H,4-8,15H2,1-3H3. The first kappa shape index (κ1) is 12.6. The summed E-state index contributed by atoms with van der Waals surface area (Å²) in [5.74, 6) is 0. The lowest BCUT2D eigenvalue weighted by molar-refractivity contribution is 0.308. The molecule has 0 amide bonds. The average molecular weight is 235 g/mol. The van der Waals surface area contributed by atoms with Crippen molar-refractivity contribution in [3.8, 4) is 0 Å². The third-order valence-electron chi connectivity index (χ3n) is 3.59. The molecular formula is C14H25N3. The molecule has 2 rings (SSSR count). The van der Waals surface area contributed by atoms with E-state index in [0.717, 1.165) is 19.3 Å². The van der Waals surface area contributed by atoms with Crippen LogP contribution in [-0.4, -0.2) is 15.6 Å². The van der Waals surface area contributed by atoms with Crippen molar-refractivity contribution >= 4 is 0 Å². The van der Waals surface area contributed by atoms with E-state index < -0.39 is 0 Å². The van der Waals surface area contributed by atoms with Crippen LogP contribution in [0.5, 0.6) is 0 Å². The van der Waals surface area contributed by atoms with Crippen LogP contribution in [0.25, 0.3) is 0 Å². The Morgan fingerprint density at radius 1 is 1.29 bits per heavy atom. The minimum atomic E-state index is 0.322. The van der Waals surface area contributed by atoms with Gasteiger partial charge in [0, 0.05) is 24.0 Å². The van der Waals surface area contributed by atoms with Crippen LogP contribution < -0.4 is 5.73 Å². The van der Waals surface area contributed by atoms with Gasteiger partial charge in [-0.15, -0.1) is 0 Å². The Morgan fingerprint density at radius 3 is 2.53 bits per heavy atom. The molecule has 1 aliphatic rings. The summed E-state index contributed by atoms with van der Waals surface area (Å²) in [6, 6.07) is 1.04. The van der Waals surface area contributed by atoms with Crippen molar-refractivity contribution in [2.75, 3.05) is 0 Å². The maximum atomic E-state index is 5.97. The van der Waals surface area contributed by atoms with Gasteiger partial charge in [-0.05, 0) is 37.5 Å². The van der Waals surface area contributed by atoms with Crippen molar-refractivity contribution in [3.05, 3.63) is 18.2 Å². The van der Waals surface area contributed by atoms with Crippen molar-refractivity contribution < 1.29 is 0 Å². The molecule has 0 aliphatic heterocycles. The van der Waals surface area contributed by atoms with Gasteiger partial charge in [-0.3, -0.25) is 0 Å². The Hall–Kier alpha value is -0.830. The molecule has 1 aromatic heterocycles. The van der Waals surface area contributed by atoms with Crippen molar-refractivity contribution in [1.29, 1.82) is 0 Å². The fraction of sp³-hybridized carbons (Fsp3) is 0.786. The highest BCUT2D eigenvalue weighted by molar-refractivity contribution is 5.03. The summed E-state index contributed by atoms with van der Waals surface area (Å²) in [5.41, 5.74) is 7.66. The smallest absolute Gasteiger partial charge is 0.0950 e. The van der Waals surface area contributed by atoms with Gasteiger partial charge in [0.25, 0.3) is 0 Å². The molecule has 1 heterocycles. The van der Waals surface area contributed by atoms with E-state index in [1.165, 1.54) is 18.5 Å². The Morgan fingerprint density at radius 2 is 1.94 bits per heavy atom. The van der Waals surface area contributed by atoms with E-state index in [1.807, 2.05) is 12.5 Å². The highest BCUT2D eigenvalue weighted by atomic mass is 15.1. The van der Waals surface area contributed by atoms with Crippen LogP contribution in [-0.2, 0) is 6.42 Å². The molecule has 0 spiro atoms. The van der Waals surface area contributed by atoms with Crippen LogP contribution in [0.2, 0.25) is 0 Å². The number of aromatic nitrogens is 2. The Bertz CT molecular complexity index is 354. The molecule has 0 aromatic carbocycles. The minimum absolute atomic E-state index is 0.322. The molecule has 3 nitrogen and oxygen atoms in total. The monoisotopic (exact) mass is 235 g/mol. The number of hydrogen-bond acceptors (Lipinski definition) is 2. The average Bonchev–Trinajstić information content (AvgIpc) is 2.64. The largest absolute Gasteiger partial charge is 0.332 e. The zero-order valence-corrected chi connectivity index (χ0v) is 11.3. The molecule has 1 saturated carbocycles. The topological polar surface area (TPSA) is 43.8 Å². The molecule has 0 unspecified atom stereocenters. The van der Waals surface area contributed by atoms with Crippen molar-refractivity contribution in [2.24, 2.45) is 11.1 Å². The van der Waals surface area contributed by atoms with Gasteiger partial charge in [-0.1, -0.05) is 20.8 Å². The SMILES string of the molecule is CC(C)(C)Cc1cncn1C1CCC(N)CC1. The molecule has 96 valence electrons. The fourth-order valence-electron chi connectivity index (χ4n) is 2.72. The van der Waals surface area contributed by atoms with Gasteiger partial charge in [0.15, 0.2) is 0 Å². The molecule has 0 atom stereocenters. The van der Waals surface area contributed by atoms with Crippen molar-refractivity contribution in [1.82, 2.24) is 9.55 Å². The van der Waals surface area contributed by atoms with E-state index >= 15 is 0 Å². The van der Waals surface area contributed by atoms with Crippen LogP contribution in [0.1, 0.15) is 58.2 Å². The number of nitrogens with zero attached hydrogens (tertiary/aromatic N) is 2. The Balaban J connectivity index is 2.08. The van der Waals surface area contributed by atoms with Gasteiger partial charge in [0.1, 0.15) is 0 Å². The quantitative estimate of drug-likeness (QED) is 0.856. The number of nitrogens with two attached hydrogens (primary N) is 1. The van der Waals surface area contributed by atoms with Gasteiger partial charge in [-0.2, -0.15) is 0 Å². The zero-order chi connectivity index (χ0) is 12.5. The maximum Gasteiger partial charge on any atom is 0.0950 e. The van der Waals surface area contributed by atoms with Gasteiger partial charge in [0.05, 0.1) is 6.33 Å². The van der Waals surface area contributed by atoms with E-state index in [2.05, 4.69) is 30.3 Å². The molecule has 0 radical (unpaired) electrons. The second-order valence-electron chi connectivity index (χ2n) is 6.60. The van der Waals surface area contributed by atoms with Crippen LogP contribution in [0.4, 0.5) is 0 Å². The van der Waals surface area contributed by atoms with Gasteiger partial charge in [0.2, 0.25) is 0 Å². The highest BCUT2D eigenvalue weighted by Crippen LogP contribution is 2.30. The predicted molar refractivity (Wildman–Crippen MR) is 70.9 cm³/mol. The molecule has 3 heteroatoms. The van der Waals surface area contributed by atoms with Crippen LogP contribution >= 0.6 is 0 Å². The highest BCUT2D eigenvalue weighted by Gasteiger charge is 2.23. The number of imidazole rings is 1. The first-order chi connectivity index (χ1) is 7.96.